The molecule has 0 aromatic heterocycles. The third-order valence-electron chi connectivity index (χ3n) is 8.56. The van der Waals surface area contributed by atoms with Gasteiger partial charge in [-0.15, -0.1) is 16.5 Å². The van der Waals surface area contributed by atoms with Gasteiger partial charge in [0, 0.05) is 24.0 Å². The Kier molecular flexibility index (Phi) is 14.5. The van der Waals surface area contributed by atoms with Gasteiger partial charge in [-0.1, -0.05) is 67.6 Å². The van der Waals surface area contributed by atoms with Crippen LogP contribution in [-0.4, -0.2) is 77.2 Å². The van der Waals surface area contributed by atoms with Crippen LogP contribution in [0.2, 0.25) is 0 Å². The van der Waals surface area contributed by atoms with Crippen molar-refractivity contribution in [3.8, 4) is 0 Å². The minimum atomic E-state index is -4.67. The van der Waals surface area contributed by atoms with Gasteiger partial charge in [-0.3, -0.25) is 9.11 Å². The van der Waals surface area contributed by atoms with E-state index < -0.39 is 16.4 Å². The molecule has 13 heteroatoms. The van der Waals surface area contributed by atoms with E-state index in [2.05, 4.69) is 90.1 Å². The summed E-state index contributed by atoms with van der Waals surface area (Å²) in [6, 6.07) is 22.4. The lowest BCUT2D eigenvalue weighted by molar-refractivity contribution is -0.0426. The summed E-state index contributed by atoms with van der Waals surface area (Å²) >= 11 is 5.46. The fourth-order valence-corrected chi connectivity index (χ4v) is 6.34. The summed E-state index contributed by atoms with van der Waals surface area (Å²) in [5.74, 6) is 0.942. The molecular formula is C31H45ClN4O7S. The van der Waals surface area contributed by atoms with E-state index in [1.165, 1.54) is 36.8 Å². The van der Waals surface area contributed by atoms with Crippen LogP contribution in [0.25, 0.3) is 0 Å². The summed E-state index contributed by atoms with van der Waals surface area (Å²) in [5, 5.41) is 6.29. The molecule has 2 unspecified atom stereocenters. The highest BCUT2D eigenvalue weighted by Gasteiger charge is 2.39. The number of urea groups is 1. The van der Waals surface area contributed by atoms with Gasteiger partial charge in [0.1, 0.15) is 6.10 Å². The smallest absolute Gasteiger partial charge is 0.365 e. The number of benzene rings is 2. The highest BCUT2D eigenvalue weighted by atomic mass is 35.5. The van der Waals surface area contributed by atoms with Gasteiger partial charge in [0.25, 0.3) is 0 Å². The summed E-state index contributed by atoms with van der Waals surface area (Å²) in [6.07, 6.45) is 9.61. The zero-order valence-electron chi connectivity index (χ0n) is 25.4. The Morgan fingerprint density at radius 1 is 0.977 bits per heavy atom. The highest BCUT2D eigenvalue weighted by molar-refractivity contribution is 7.79. The number of carbonyl (C=O) groups is 1. The van der Waals surface area contributed by atoms with Gasteiger partial charge in [0.15, 0.2) is 0 Å². The van der Waals surface area contributed by atoms with Crippen molar-refractivity contribution < 1.29 is 27.1 Å². The fourth-order valence-electron chi connectivity index (χ4n) is 6.18. The van der Waals surface area contributed by atoms with Gasteiger partial charge in [-0.25, -0.2) is 4.79 Å². The second kappa shape index (κ2) is 17.8. The van der Waals surface area contributed by atoms with Crippen molar-refractivity contribution >= 4 is 28.0 Å². The van der Waals surface area contributed by atoms with E-state index >= 15 is 0 Å². The summed E-state index contributed by atoms with van der Waals surface area (Å²) < 4.78 is 38.2. The molecule has 1 aliphatic carbocycles. The lowest BCUT2D eigenvalue weighted by Gasteiger charge is -2.38. The maximum Gasteiger partial charge on any atom is 0.394 e. The monoisotopic (exact) mass is 652 g/mol. The van der Waals surface area contributed by atoms with Crippen LogP contribution in [0.15, 0.2) is 65.9 Å². The zero-order valence-corrected chi connectivity index (χ0v) is 26.9. The molecule has 3 N–H and O–H groups in total. The molecule has 3 aliphatic rings. The molecular weight excluding hydrogens is 608 g/mol. The molecule has 1 saturated carbocycles. The Hall–Kier alpha value is -2.61. The SMILES string of the molecule is CC1CCC(NC(=O)N(CCCl)N=O)CC1.CN1C2CCC1CC(OC(c1ccccc1)c1ccccc1)C2.O=S(=O)(O)O. The number of piperidine rings is 1. The Morgan fingerprint density at radius 2 is 1.45 bits per heavy atom. The Morgan fingerprint density at radius 3 is 1.89 bits per heavy atom. The van der Waals surface area contributed by atoms with Crippen LogP contribution in [0, 0.1) is 10.8 Å². The zero-order chi connectivity index (χ0) is 32.1. The average Bonchev–Trinajstić information content (AvgIpc) is 3.19. The number of nitroso groups, excluding NO2 is 1. The first-order valence-electron chi connectivity index (χ1n) is 15.1. The van der Waals surface area contributed by atoms with Crippen molar-refractivity contribution in [3.05, 3.63) is 76.7 Å². The maximum absolute atomic E-state index is 11.6. The van der Waals surface area contributed by atoms with Crippen LogP contribution in [0.5, 0.6) is 0 Å². The van der Waals surface area contributed by atoms with E-state index in [9.17, 15) is 9.70 Å². The molecule has 2 bridgehead atoms. The van der Waals surface area contributed by atoms with Gasteiger partial charge in [0.2, 0.25) is 0 Å². The number of rotatable bonds is 8. The standard InChI is InChI=1S/C21H25NO.C10H18ClN3O2.H2O4S/c1-22-18-12-13-19(22)15-20(14-18)23-21(16-8-4-2-5-9-16)17-10-6-3-7-11-17;1-8-2-4-9(5-3-8)12-10(15)14(13-16)7-6-11;1-5(2,3)4/h2-11,18-21H,12-15H2,1H3;8-9H,2-7H2,1H3,(H,12,15);(H2,1,2,3,4). The van der Waals surface area contributed by atoms with Crippen molar-refractivity contribution in [3.63, 3.8) is 0 Å². The molecule has 2 aromatic rings. The molecule has 2 heterocycles. The summed E-state index contributed by atoms with van der Waals surface area (Å²) in [7, 11) is -2.38. The molecule has 0 radical (unpaired) electrons. The third-order valence-corrected chi connectivity index (χ3v) is 8.73. The van der Waals surface area contributed by atoms with Crippen molar-refractivity contribution in [2.75, 3.05) is 19.5 Å². The molecule has 2 saturated heterocycles. The molecule has 2 aromatic carbocycles. The minimum Gasteiger partial charge on any atom is -0.365 e. The first-order chi connectivity index (χ1) is 21.0. The second-order valence-corrected chi connectivity index (χ2v) is 13.0. The Balaban J connectivity index is 0.000000220. The van der Waals surface area contributed by atoms with E-state index in [4.69, 9.17) is 33.9 Å². The number of hydrogen-bond donors (Lipinski definition) is 3. The lowest BCUT2D eigenvalue weighted by Crippen LogP contribution is -2.44. The molecule has 2 amide bonds. The van der Waals surface area contributed by atoms with Crippen molar-refractivity contribution in [2.24, 2.45) is 11.2 Å². The number of alkyl halides is 1. The molecule has 0 spiro atoms. The topological polar surface area (TPSA) is 149 Å². The Labute approximate surface area is 265 Å². The normalized spacial score (nSPS) is 24.7. The van der Waals surface area contributed by atoms with E-state index in [1.807, 2.05) is 0 Å². The first-order valence-corrected chi connectivity index (χ1v) is 17.1. The van der Waals surface area contributed by atoms with Gasteiger partial charge >= 0.3 is 16.4 Å². The van der Waals surface area contributed by atoms with Crippen molar-refractivity contribution in [2.45, 2.75) is 88.6 Å². The van der Waals surface area contributed by atoms with Gasteiger partial charge in [-0.05, 0) is 75.5 Å². The van der Waals surface area contributed by atoms with Gasteiger partial charge in [0.05, 0.1) is 17.9 Å². The number of amides is 2. The predicted octanol–water partition coefficient (Wildman–Crippen LogP) is 6.26. The van der Waals surface area contributed by atoms with Crippen LogP contribution >= 0.6 is 11.6 Å². The number of fused-ring (bicyclic) bond motifs is 2. The summed E-state index contributed by atoms with van der Waals surface area (Å²) in [5.41, 5.74) is 2.51. The number of halogens is 1. The fraction of sp³-hybridized carbons (Fsp3) is 0.581. The highest BCUT2D eigenvalue weighted by Crippen LogP contribution is 2.38. The summed E-state index contributed by atoms with van der Waals surface area (Å²) in [4.78, 5) is 24.5. The molecule has 11 nitrogen and oxygen atoms in total. The number of hydrogen-bond acceptors (Lipinski definition) is 7. The number of nitrogens with zero attached hydrogens (tertiary/aromatic N) is 3. The molecule has 2 atom stereocenters. The van der Waals surface area contributed by atoms with Crippen LogP contribution < -0.4 is 5.32 Å². The second-order valence-electron chi connectivity index (χ2n) is 11.7. The van der Waals surface area contributed by atoms with Crippen molar-refractivity contribution in [1.29, 1.82) is 0 Å². The van der Waals surface area contributed by atoms with Crippen LogP contribution in [-0.2, 0) is 15.1 Å². The van der Waals surface area contributed by atoms with E-state index in [0.717, 1.165) is 36.6 Å². The van der Waals surface area contributed by atoms with Crippen LogP contribution in [0.4, 0.5) is 4.79 Å². The van der Waals surface area contributed by atoms with Gasteiger partial charge < -0.3 is 15.0 Å². The molecule has 2 aliphatic heterocycles. The number of carbonyl (C=O) groups excluding carboxylic acids is 1. The largest absolute Gasteiger partial charge is 0.394 e. The molecule has 244 valence electrons. The summed E-state index contributed by atoms with van der Waals surface area (Å²) in [6.45, 7) is 2.37. The van der Waals surface area contributed by atoms with Crippen molar-refractivity contribution in [1.82, 2.24) is 15.2 Å². The average molecular weight is 653 g/mol. The minimum absolute atomic E-state index is 0.0465. The molecule has 44 heavy (non-hydrogen) atoms. The lowest BCUT2D eigenvalue weighted by atomic mass is 9.87. The third kappa shape index (κ3) is 12.1. The number of nitrogens with one attached hydrogen (secondary N) is 1. The quantitative estimate of drug-likeness (QED) is 0.131. The Bertz CT molecular complexity index is 1190. The van der Waals surface area contributed by atoms with Crippen LogP contribution in [0.3, 0.4) is 0 Å². The van der Waals surface area contributed by atoms with Crippen LogP contribution in [0.1, 0.15) is 75.5 Å². The van der Waals surface area contributed by atoms with E-state index in [0.29, 0.717) is 18.2 Å². The van der Waals surface area contributed by atoms with E-state index in [-0.39, 0.29) is 24.6 Å². The predicted molar refractivity (Wildman–Crippen MR) is 171 cm³/mol. The maximum atomic E-state index is 11.6. The van der Waals surface area contributed by atoms with Gasteiger partial charge in [-0.2, -0.15) is 13.4 Å². The molecule has 5 rings (SSSR count). The van der Waals surface area contributed by atoms with E-state index in [1.54, 1.807) is 0 Å². The first kappa shape index (κ1) is 35.9. The number of ether oxygens (including phenoxy) is 1. The molecule has 3 fully saturated rings.